The highest BCUT2D eigenvalue weighted by atomic mass is 16.5. The van der Waals surface area contributed by atoms with E-state index in [0.29, 0.717) is 24.4 Å². The van der Waals surface area contributed by atoms with Crippen molar-refractivity contribution < 1.29 is 4.74 Å². The second kappa shape index (κ2) is 13.4. The van der Waals surface area contributed by atoms with Crippen molar-refractivity contribution in [2.75, 3.05) is 13.2 Å². The van der Waals surface area contributed by atoms with Crippen molar-refractivity contribution in [3.8, 4) is 6.07 Å². The van der Waals surface area contributed by atoms with E-state index >= 15 is 0 Å². The van der Waals surface area contributed by atoms with Gasteiger partial charge in [0.1, 0.15) is 17.9 Å². The smallest absolute Gasteiger partial charge is 0.112 e. The fraction of sp³-hybridized carbons (Fsp3) is 0.538. The highest BCUT2D eigenvalue weighted by Gasteiger charge is 2.01. The average Bonchev–Trinajstić information content (AvgIpc) is 2.33. The molecule has 0 aliphatic carbocycles. The van der Waals surface area contributed by atoms with Gasteiger partial charge in [-0.25, -0.2) is 0 Å². The van der Waals surface area contributed by atoms with Crippen molar-refractivity contribution in [1.29, 1.82) is 5.26 Å². The van der Waals surface area contributed by atoms with E-state index in [1.54, 1.807) is 6.08 Å². The molecule has 0 aromatic heterocycles. The van der Waals surface area contributed by atoms with Crippen molar-refractivity contribution in [1.82, 2.24) is 0 Å². The molecule has 0 aliphatic rings. The molecule has 0 saturated carbocycles. The Labute approximate surface area is 99.1 Å². The minimum absolute atomic E-state index is 0.465. The van der Waals surface area contributed by atoms with Gasteiger partial charge in [0.15, 0.2) is 0 Å². The van der Waals surface area contributed by atoms with Crippen LogP contribution in [0.1, 0.15) is 34.6 Å². The lowest BCUT2D eigenvalue weighted by atomic mass is 10.2. The molecule has 0 unspecified atom stereocenters. The minimum Gasteiger partial charge on any atom is -0.500 e. The molecular formula is C13H22N2O. The predicted molar refractivity (Wildman–Crippen MR) is 69.5 cm³/mol. The van der Waals surface area contributed by atoms with Gasteiger partial charge in [-0.05, 0) is 26.8 Å². The van der Waals surface area contributed by atoms with Crippen LogP contribution in [0.3, 0.4) is 0 Å². The van der Waals surface area contributed by atoms with Crippen LogP contribution in [0, 0.1) is 11.3 Å². The quantitative estimate of drug-likeness (QED) is 0.406. The molecule has 16 heavy (non-hydrogen) atoms. The second-order valence-corrected chi connectivity index (χ2v) is 2.46. The lowest BCUT2D eigenvalue weighted by Crippen LogP contribution is -1.99. The van der Waals surface area contributed by atoms with Crippen LogP contribution in [0.2, 0.25) is 0 Å². The molecule has 0 heterocycles. The van der Waals surface area contributed by atoms with Gasteiger partial charge in [0.2, 0.25) is 0 Å². The summed E-state index contributed by atoms with van der Waals surface area (Å²) in [5, 5.41) is 8.86. The van der Waals surface area contributed by atoms with Crippen molar-refractivity contribution in [3.63, 3.8) is 0 Å². The van der Waals surface area contributed by atoms with Crippen LogP contribution >= 0.6 is 0 Å². The normalized spacial score (nSPS) is 11.8. The summed E-state index contributed by atoms with van der Waals surface area (Å²) in [6.07, 6.45) is 5.11. The van der Waals surface area contributed by atoms with Gasteiger partial charge in [-0.1, -0.05) is 19.9 Å². The van der Waals surface area contributed by atoms with Crippen molar-refractivity contribution in [2.24, 2.45) is 4.99 Å². The maximum Gasteiger partial charge on any atom is 0.112 e. The highest BCUT2D eigenvalue weighted by molar-refractivity contribution is 6.10. The Balaban J connectivity index is 0. The second-order valence-electron chi connectivity index (χ2n) is 2.46. The largest absolute Gasteiger partial charge is 0.500 e. The number of hydrogen-bond donors (Lipinski definition) is 0. The van der Waals surface area contributed by atoms with E-state index < -0.39 is 0 Å². The first-order valence-corrected chi connectivity index (χ1v) is 5.69. The van der Waals surface area contributed by atoms with Crippen molar-refractivity contribution in [2.45, 2.75) is 34.6 Å². The third kappa shape index (κ3) is 7.81. The molecule has 0 aliphatic heterocycles. The fourth-order valence-corrected chi connectivity index (χ4v) is 0.867. The summed E-state index contributed by atoms with van der Waals surface area (Å²) in [5.74, 6) is 0. The lowest BCUT2D eigenvalue weighted by molar-refractivity contribution is 0.268. The molecule has 0 atom stereocenters. The van der Waals surface area contributed by atoms with E-state index in [2.05, 4.69) is 11.1 Å². The van der Waals surface area contributed by atoms with E-state index in [9.17, 15) is 0 Å². The van der Waals surface area contributed by atoms with Crippen LogP contribution in [-0.2, 0) is 4.74 Å². The van der Waals surface area contributed by atoms with Gasteiger partial charge in [0.25, 0.3) is 0 Å². The molecule has 0 bridgehead atoms. The summed E-state index contributed by atoms with van der Waals surface area (Å²) in [6, 6.07) is 2.06. The summed E-state index contributed by atoms with van der Waals surface area (Å²) in [7, 11) is 0. The molecule has 0 amide bonds. The lowest BCUT2D eigenvalue weighted by Gasteiger charge is -1.99. The Kier molecular flexibility index (Phi) is 14.2. The zero-order valence-electron chi connectivity index (χ0n) is 10.9. The summed E-state index contributed by atoms with van der Waals surface area (Å²) in [5.41, 5.74) is 1.14. The van der Waals surface area contributed by atoms with Crippen LogP contribution in [0.15, 0.2) is 29.0 Å². The molecule has 90 valence electrons. The third-order valence-electron chi connectivity index (χ3n) is 1.42. The van der Waals surface area contributed by atoms with Gasteiger partial charge in [-0.2, -0.15) is 5.26 Å². The first-order chi connectivity index (χ1) is 7.79. The van der Waals surface area contributed by atoms with E-state index in [0.717, 1.165) is 0 Å². The standard InChI is InChI=1S/C11H16N2O.C2H6/c1-4-7-11(13-5-2)10(8-12)9-14-6-3;1-2/h4,7,9H,5-6H2,1-3H3;1-2H3/b7-4-,10-9-,13-11?;. The Bertz CT molecular complexity index is 283. The Morgan fingerprint density at radius 2 is 2.00 bits per heavy atom. The molecule has 3 nitrogen and oxygen atoms in total. The Morgan fingerprint density at radius 3 is 2.38 bits per heavy atom. The maximum atomic E-state index is 8.86. The summed E-state index contributed by atoms with van der Waals surface area (Å²) in [6.45, 7) is 10.9. The summed E-state index contributed by atoms with van der Waals surface area (Å²) in [4.78, 5) is 4.20. The summed E-state index contributed by atoms with van der Waals surface area (Å²) >= 11 is 0. The van der Waals surface area contributed by atoms with Crippen molar-refractivity contribution in [3.05, 3.63) is 24.0 Å². The third-order valence-corrected chi connectivity index (χ3v) is 1.42. The number of rotatable bonds is 5. The number of hydrogen-bond acceptors (Lipinski definition) is 3. The van der Waals surface area contributed by atoms with Gasteiger partial charge >= 0.3 is 0 Å². The highest BCUT2D eigenvalue weighted by Crippen LogP contribution is 2.00. The average molecular weight is 222 g/mol. The van der Waals surface area contributed by atoms with Gasteiger partial charge in [0.05, 0.1) is 12.3 Å². The van der Waals surface area contributed by atoms with Crippen LogP contribution in [0.25, 0.3) is 0 Å². The van der Waals surface area contributed by atoms with Gasteiger partial charge < -0.3 is 4.74 Å². The molecular weight excluding hydrogens is 200 g/mol. The zero-order chi connectivity index (χ0) is 12.8. The van der Waals surface area contributed by atoms with Crippen LogP contribution in [0.4, 0.5) is 0 Å². The van der Waals surface area contributed by atoms with Gasteiger partial charge in [-0.3, -0.25) is 4.99 Å². The minimum atomic E-state index is 0.465. The van der Waals surface area contributed by atoms with Crippen molar-refractivity contribution >= 4 is 5.71 Å². The first-order valence-electron chi connectivity index (χ1n) is 5.69. The number of aliphatic imine (C=N–C) groups is 1. The fourth-order valence-electron chi connectivity index (χ4n) is 0.867. The molecule has 0 radical (unpaired) electrons. The monoisotopic (exact) mass is 222 g/mol. The van der Waals surface area contributed by atoms with Gasteiger partial charge in [-0.15, -0.1) is 0 Å². The molecule has 0 N–H and O–H groups in total. The number of nitriles is 1. The van der Waals surface area contributed by atoms with Crippen LogP contribution in [-0.4, -0.2) is 18.9 Å². The SMILES string of the molecule is C/C=C\C(=NCC)/C(C#N)=C\OCC.CC. The molecule has 0 aromatic rings. The first kappa shape index (κ1) is 16.9. The predicted octanol–water partition coefficient (Wildman–Crippen LogP) is 3.49. The number of ether oxygens (including phenoxy) is 1. The summed E-state index contributed by atoms with van der Waals surface area (Å²) < 4.78 is 5.06. The Hall–Kier alpha value is -1.56. The van der Waals surface area contributed by atoms with E-state index in [-0.39, 0.29) is 0 Å². The van der Waals surface area contributed by atoms with E-state index in [1.165, 1.54) is 6.26 Å². The van der Waals surface area contributed by atoms with Crippen LogP contribution < -0.4 is 0 Å². The topological polar surface area (TPSA) is 45.4 Å². The molecule has 0 aromatic carbocycles. The van der Waals surface area contributed by atoms with Crippen LogP contribution in [0.5, 0.6) is 0 Å². The molecule has 0 saturated heterocycles. The Morgan fingerprint density at radius 1 is 1.38 bits per heavy atom. The van der Waals surface area contributed by atoms with E-state index in [4.69, 9.17) is 10.00 Å². The van der Waals surface area contributed by atoms with E-state index in [1.807, 2.05) is 40.7 Å². The number of allylic oxidation sites excluding steroid dienone is 3. The maximum absolute atomic E-state index is 8.86. The zero-order valence-corrected chi connectivity index (χ0v) is 10.9. The number of nitrogens with zero attached hydrogens (tertiary/aromatic N) is 2. The molecule has 0 spiro atoms. The molecule has 0 fully saturated rings. The molecule has 0 rings (SSSR count). The molecule has 3 heteroatoms. The van der Waals surface area contributed by atoms with Gasteiger partial charge in [0, 0.05) is 6.54 Å².